The Morgan fingerprint density at radius 1 is 1.22 bits per heavy atom. The van der Waals surface area contributed by atoms with Gasteiger partial charge in [0.2, 0.25) is 0 Å². The summed E-state index contributed by atoms with van der Waals surface area (Å²) in [5.41, 5.74) is 8.55. The van der Waals surface area contributed by atoms with E-state index in [1.807, 2.05) is 12.1 Å². The number of nitrogens with two attached hydrogens (primary N) is 1. The summed E-state index contributed by atoms with van der Waals surface area (Å²) in [6, 6.07) is 9.08. The number of benzene rings is 2. The number of halogens is 2. The summed E-state index contributed by atoms with van der Waals surface area (Å²) < 4.78 is 5.14. The molecule has 1 heterocycles. The van der Waals surface area contributed by atoms with Crippen molar-refractivity contribution >= 4 is 46.2 Å². The number of nitrogen functional groups attached to an aromatic ring is 1. The fourth-order valence-corrected chi connectivity index (χ4v) is 4.08. The number of hydrogen-bond donors (Lipinski definition) is 2. The largest absolute Gasteiger partial charge is 0.494 e. The Hall–Kier alpha value is -2.11. The molecule has 2 aromatic rings. The third-order valence-corrected chi connectivity index (χ3v) is 5.41. The molecule has 0 aromatic heterocycles. The van der Waals surface area contributed by atoms with E-state index in [0.29, 0.717) is 28.7 Å². The summed E-state index contributed by atoms with van der Waals surface area (Å²) in [7, 11) is 1.48. The summed E-state index contributed by atoms with van der Waals surface area (Å²) in [4.78, 5) is 15.1. The van der Waals surface area contributed by atoms with E-state index in [4.69, 9.17) is 33.7 Å². The maximum Gasteiger partial charge on any atom is 0.255 e. The first-order chi connectivity index (χ1) is 12.9. The van der Waals surface area contributed by atoms with Gasteiger partial charge in [0.1, 0.15) is 0 Å². The van der Waals surface area contributed by atoms with Crippen LogP contribution in [-0.2, 0) is 0 Å². The van der Waals surface area contributed by atoms with Crippen LogP contribution in [0.3, 0.4) is 0 Å². The zero-order valence-corrected chi connectivity index (χ0v) is 16.9. The van der Waals surface area contributed by atoms with Gasteiger partial charge in [-0.1, -0.05) is 23.2 Å². The minimum Gasteiger partial charge on any atom is -0.494 e. The van der Waals surface area contributed by atoms with Crippen molar-refractivity contribution in [3.05, 3.63) is 45.9 Å². The number of anilines is 3. The van der Waals surface area contributed by atoms with E-state index < -0.39 is 0 Å². The SMILES string of the molecule is COc1c(Cl)cc(C(=O)Nc2cc(N)ccc2N2CCCC[C@@H]2C)cc1Cl. The molecule has 0 unspecified atom stereocenters. The number of nitrogens with one attached hydrogen (secondary N) is 1. The number of rotatable bonds is 4. The predicted octanol–water partition coefficient (Wildman–Crippen LogP) is 5.22. The fourth-order valence-electron chi connectivity index (χ4n) is 3.44. The second-order valence-electron chi connectivity index (χ2n) is 6.74. The second-order valence-corrected chi connectivity index (χ2v) is 7.56. The molecule has 0 spiro atoms. The highest BCUT2D eigenvalue weighted by atomic mass is 35.5. The summed E-state index contributed by atoms with van der Waals surface area (Å²) in [6.07, 6.45) is 3.48. The fraction of sp³-hybridized carbons (Fsp3) is 0.350. The number of amides is 1. The zero-order chi connectivity index (χ0) is 19.6. The lowest BCUT2D eigenvalue weighted by molar-refractivity contribution is 0.102. The molecular formula is C20H23Cl2N3O2. The van der Waals surface area contributed by atoms with Crippen LogP contribution in [0.5, 0.6) is 5.75 Å². The van der Waals surface area contributed by atoms with Gasteiger partial charge in [-0.15, -0.1) is 0 Å². The van der Waals surface area contributed by atoms with Crippen LogP contribution in [0.2, 0.25) is 10.0 Å². The number of carbonyl (C=O) groups excluding carboxylic acids is 1. The monoisotopic (exact) mass is 407 g/mol. The highest BCUT2D eigenvalue weighted by molar-refractivity contribution is 6.37. The molecule has 3 rings (SSSR count). The molecule has 5 nitrogen and oxygen atoms in total. The molecule has 1 atom stereocenters. The summed E-state index contributed by atoms with van der Waals surface area (Å²) >= 11 is 12.3. The van der Waals surface area contributed by atoms with E-state index in [2.05, 4.69) is 17.1 Å². The van der Waals surface area contributed by atoms with Crippen LogP contribution >= 0.6 is 23.2 Å². The van der Waals surface area contributed by atoms with Crippen LogP contribution in [0.1, 0.15) is 36.5 Å². The maximum absolute atomic E-state index is 12.8. The molecule has 7 heteroatoms. The minimum absolute atomic E-state index is 0.285. The maximum atomic E-state index is 12.8. The topological polar surface area (TPSA) is 67.6 Å². The van der Waals surface area contributed by atoms with Crippen molar-refractivity contribution < 1.29 is 9.53 Å². The summed E-state index contributed by atoms with van der Waals surface area (Å²) in [5.74, 6) is 0.0413. The van der Waals surface area contributed by atoms with Gasteiger partial charge in [-0.05, 0) is 56.5 Å². The molecule has 1 saturated heterocycles. The standard InChI is InChI=1S/C20H23Cl2N3O2/c1-12-5-3-4-8-25(12)18-7-6-14(23)11-17(18)24-20(26)13-9-15(21)19(27-2)16(22)10-13/h6-7,9-12H,3-5,8,23H2,1-2H3,(H,24,26)/t12-/m0/s1. The van der Waals surface area contributed by atoms with Crippen LogP contribution < -0.4 is 20.7 Å². The molecule has 27 heavy (non-hydrogen) atoms. The van der Waals surface area contributed by atoms with Crippen molar-refractivity contribution in [3.8, 4) is 5.75 Å². The highest BCUT2D eigenvalue weighted by Gasteiger charge is 2.22. The Kier molecular flexibility index (Phi) is 6.02. The Balaban J connectivity index is 1.91. The van der Waals surface area contributed by atoms with Gasteiger partial charge in [-0.2, -0.15) is 0 Å². The van der Waals surface area contributed by atoms with Gasteiger partial charge in [-0.25, -0.2) is 0 Å². The lowest BCUT2D eigenvalue weighted by atomic mass is 10.0. The quantitative estimate of drug-likeness (QED) is 0.681. The van der Waals surface area contributed by atoms with Gasteiger partial charge in [0.05, 0.1) is 28.5 Å². The summed E-state index contributed by atoms with van der Waals surface area (Å²) in [5, 5.41) is 3.53. The number of methoxy groups -OCH3 is 1. The molecule has 144 valence electrons. The van der Waals surface area contributed by atoms with E-state index in [1.54, 1.807) is 6.07 Å². The normalized spacial score (nSPS) is 16.9. The van der Waals surface area contributed by atoms with E-state index >= 15 is 0 Å². The molecule has 3 N–H and O–H groups in total. The molecule has 2 aromatic carbocycles. The molecule has 1 amide bonds. The average molecular weight is 408 g/mol. The van der Waals surface area contributed by atoms with Gasteiger partial charge in [0.15, 0.2) is 5.75 Å². The lowest BCUT2D eigenvalue weighted by Crippen LogP contribution is -2.38. The number of ether oxygens (including phenoxy) is 1. The van der Waals surface area contributed by atoms with Crippen molar-refractivity contribution in [1.82, 2.24) is 0 Å². The minimum atomic E-state index is -0.307. The van der Waals surface area contributed by atoms with Crippen LogP contribution in [-0.4, -0.2) is 25.6 Å². The molecule has 1 fully saturated rings. The molecular weight excluding hydrogens is 385 g/mol. The predicted molar refractivity (Wildman–Crippen MR) is 112 cm³/mol. The third kappa shape index (κ3) is 4.25. The Morgan fingerprint density at radius 3 is 2.56 bits per heavy atom. The average Bonchev–Trinajstić information content (AvgIpc) is 2.62. The first kappa shape index (κ1) is 19.6. The molecule has 0 radical (unpaired) electrons. The van der Waals surface area contributed by atoms with Crippen molar-refractivity contribution in [3.63, 3.8) is 0 Å². The van der Waals surface area contributed by atoms with Crippen LogP contribution in [0, 0.1) is 0 Å². The first-order valence-corrected chi connectivity index (χ1v) is 9.67. The lowest BCUT2D eigenvalue weighted by Gasteiger charge is -2.36. The van der Waals surface area contributed by atoms with Gasteiger partial charge >= 0.3 is 0 Å². The summed E-state index contributed by atoms with van der Waals surface area (Å²) in [6.45, 7) is 3.15. The Labute approximate surface area is 169 Å². The smallest absolute Gasteiger partial charge is 0.255 e. The van der Waals surface area contributed by atoms with Crippen LogP contribution in [0.15, 0.2) is 30.3 Å². The van der Waals surface area contributed by atoms with E-state index in [-0.39, 0.29) is 16.0 Å². The van der Waals surface area contributed by atoms with Crippen molar-refractivity contribution in [2.45, 2.75) is 32.2 Å². The van der Waals surface area contributed by atoms with Gasteiger partial charge in [0, 0.05) is 23.8 Å². The van der Waals surface area contributed by atoms with Gasteiger partial charge in [-0.3, -0.25) is 4.79 Å². The van der Waals surface area contributed by atoms with Gasteiger partial charge in [0.25, 0.3) is 5.91 Å². The van der Waals surface area contributed by atoms with E-state index in [0.717, 1.165) is 25.1 Å². The molecule has 0 aliphatic carbocycles. The number of carbonyl (C=O) groups is 1. The number of hydrogen-bond acceptors (Lipinski definition) is 4. The Morgan fingerprint density at radius 2 is 1.93 bits per heavy atom. The first-order valence-electron chi connectivity index (χ1n) is 8.91. The van der Waals surface area contributed by atoms with Gasteiger partial charge < -0.3 is 20.7 Å². The van der Waals surface area contributed by atoms with Crippen molar-refractivity contribution in [1.29, 1.82) is 0 Å². The zero-order valence-electron chi connectivity index (χ0n) is 15.4. The number of piperidine rings is 1. The molecule has 1 aliphatic heterocycles. The molecule has 0 bridgehead atoms. The number of nitrogens with zero attached hydrogens (tertiary/aromatic N) is 1. The highest BCUT2D eigenvalue weighted by Crippen LogP contribution is 2.36. The third-order valence-electron chi connectivity index (χ3n) is 4.85. The van der Waals surface area contributed by atoms with Crippen LogP contribution in [0.4, 0.5) is 17.1 Å². The molecule has 0 saturated carbocycles. The molecule has 1 aliphatic rings. The van der Waals surface area contributed by atoms with E-state index in [1.165, 1.54) is 25.7 Å². The van der Waals surface area contributed by atoms with Crippen molar-refractivity contribution in [2.75, 3.05) is 29.6 Å². The van der Waals surface area contributed by atoms with Crippen LogP contribution in [0.25, 0.3) is 0 Å². The van der Waals surface area contributed by atoms with E-state index in [9.17, 15) is 4.79 Å². The Bertz CT molecular complexity index is 834. The van der Waals surface area contributed by atoms with Crippen molar-refractivity contribution in [2.24, 2.45) is 0 Å². The second kappa shape index (κ2) is 8.28.